The van der Waals surface area contributed by atoms with Crippen molar-refractivity contribution in [2.45, 2.75) is 52.4 Å². The van der Waals surface area contributed by atoms with Gasteiger partial charge in [-0.2, -0.15) is 0 Å². The molecule has 0 aromatic carbocycles. The molecule has 72 valence electrons. The van der Waals surface area contributed by atoms with Gasteiger partial charge in [-0.05, 0) is 26.7 Å². The van der Waals surface area contributed by atoms with Gasteiger partial charge in [0.2, 0.25) is 0 Å². The molecule has 1 fully saturated rings. The van der Waals surface area contributed by atoms with E-state index in [9.17, 15) is 0 Å². The molecule has 1 saturated heterocycles. The molecule has 0 N–H and O–H groups in total. The monoisotopic (exact) mass is 172 g/mol. The van der Waals surface area contributed by atoms with E-state index >= 15 is 0 Å². The quantitative estimate of drug-likeness (QED) is 0.651. The lowest BCUT2D eigenvalue weighted by Gasteiger charge is -2.21. The third-order valence-corrected chi connectivity index (χ3v) is 2.46. The lowest BCUT2D eigenvalue weighted by atomic mass is 10.0. The Morgan fingerprint density at radius 2 is 1.92 bits per heavy atom. The van der Waals surface area contributed by atoms with Gasteiger partial charge in [-0.15, -0.1) is 0 Å². The molecule has 0 aromatic rings. The van der Waals surface area contributed by atoms with Crippen LogP contribution in [0.5, 0.6) is 0 Å². The summed E-state index contributed by atoms with van der Waals surface area (Å²) in [6.45, 7) is 9.26. The molecule has 2 heteroatoms. The fourth-order valence-electron chi connectivity index (χ4n) is 1.57. The summed E-state index contributed by atoms with van der Waals surface area (Å²) >= 11 is 0. The lowest BCUT2D eigenvalue weighted by Crippen LogP contribution is -2.26. The molecular weight excluding hydrogens is 152 g/mol. The first kappa shape index (κ1) is 10.0. The van der Waals surface area contributed by atoms with Crippen LogP contribution in [-0.4, -0.2) is 18.5 Å². The van der Waals surface area contributed by atoms with Gasteiger partial charge in [-0.1, -0.05) is 13.8 Å². The first-order valence-corrected chi connectivity index (χ1v) is 4.88. The Morgan fingerprint density at radius 1 is 1.33 bits per heavy atom. The minimum atomic E-state index is -0.0761. The Labute approximate surface area is 75.2 Å². The Morgan fingerprint density at radius 3 is 2.25 bits per heavy atom. The smallest absolute Gasteiger partial charge is 0.161 e. The summed E-state index contributed by atoms with van der Waals surface area (Å²) in [5.41, 5.74) is -0.0761. The normalized spacial score (nSPS) is 28.2. The van der Waals surface area contributed by atoms with E-state index in [2.05, 4.69) is 27.7 Å². The van der Waals surface area contributed by atoms with Crippen LogP contribution in [0.15, 0.2) is 0 Å². The van der Waals surface area contributed by atoms with E-state index in [1.54, 1.807) is 0 Å². The second kappa shape index (κ2) is 3.75. The summed E-state index contributed by atoms with van der Waals surface area (Å²) in [5.74, 6) is 0.562. The summed E-state index contributed by atoms with van der Waals surface area (Å²) in [6, 6.07) is 0. The van der Waals surface area contributed by atoms with Crippen LogP contribution < -0.4 is 0 Å². The van der Waals surface area contributed by atoms with Crippen LogP contribution in [0, 0.1) is 5.92 Å². The van der Waals surface area contributed by atoms with Crippen LogP contribution in [0.25, 0.3) is 0 Å². The average molecular weight is 172 g/mol. The predicted molar refractivity (Wildman–Crippen MR) is 49.0 cm³/mol. The molecule has 0 aliphatic carbocycles. The maximum atomic E-state index is 5.77. The molecule has 0 aromatic heterocycles. The van der Waals surface area contributed by atoms with Crippen LogP contribution in [0.3, 0.4) is 0 Å². The molecule has 0 saturated carbocycles. The van der Waals surface area contributed by atoms with Gasteiger partial charge in [-0.3, -0.25) is 0 Å². The van der Waals surface area contributed by atoms with E-state index in [0.717, 1.165) is 19.4 Å². The molecule has 0 spiro atoms. The first-order valence-electron chi connectivity index (χ1n) is 4.88. The van der Waals surface area contributed by atoms with Crippen molar-refractivity contribution in [3.05, 3.63) is 0 Å². The Bertz CT molecular complexity index is 139. The van der Waals surface area contributed by atoms with Crippen LogP contribution >= 0.6 is 0 Å². The van der Waals surface area contributed by atoms with Crippen molar-refractivity contribution in [2.24, 2.45) is 5.92 Å². The molecule has 12 heavy (non-hydrogen) atoms. The highest BCUT2D eigenvalue weighted by atomic mass is 16.7. The van der Waals surface area contributed by atoms with Gasteiger partial charge in [0, 0.05) is 5.92 Å². The minimum Gasteiger partial charge on any atom is -0.349 e. The maximum Gasteiger partial charge on any atom is 0.161 e. The Hall–Kier alpha value is -0.0800. The zero-order valence-electron chi connectivity index (χ0n) is 8.59. The zero-order valence-corrected chi connectivity index (χ0v) is 8.59. The fourth-order valence-corrected chi connectivity index (χ4v) is 1.57. The number of hydrogen-bond donors (Lipinski definition) is 0. The second-order valence-corrected chi connectivity index (χ2v) is 4.13. The molecule has 0 radical (unpaired) electrons. The third kappa shape index (κ3) is 2.20. The van der Waals surface area contributed by atoms with Gasteiger partial charge in [-0.25, -0.2) is 0 Å². The van der Waals surface area contributed by atoms with E-state index < -0.39 is 0 Å². The highest BCUT2D eigenvalue weighted by Crippen LogP contribution is 2.29. The molecule has 2 nitrogen and oxygen atoms in total. The van der Waals surface area contributed by atoms with Crippen molar-refractivity contribution in [3.63, 3.8) is 0 Å². The summed E-state index contributed by atoms with van der Waals surface area (Å²) < 4.78 is 11.4. The van der Waals surface area contributed by atoms with Gasteiger partial charge in [0.1, 0.15) is 0 Å². The van der Waals surface area contributed by atoms with Crippen molar-refractivity contribution in [1.29, 1.82) is 0 Å². The van der Waals surface area contributed by atoms with E-state index in [-0.39, 0.29) is 11.9 Å². The van der Waals surface area contributed by atoms with Crippen LogP contribution in [-0.2, 0) is 9.47 Å². The maximum absolute atomic E-state index is 5.77. The Balaban J connectivity index is 2.45. The van der Waals surface area contributed by atoms with Crippen LogP contribution in [0.4, 0.5) is 0 Å². The van der Waals surface area contributed by atoms with E-state index in [4.69, 9.17) is 9.47 Å². The highest BCUT2D eigenvalue weighted by Gasteiger charge is 2.35. The molecule has 1 rings (SSSR count). The van der Waals surface area contributed by atoms with Crippen molar-refractivity contribution in [1.82, 2.24) is 0 Å². The number of ether oxygens (including phenoxy) is 2. The first-order chi connectivity index (χ1) is 5.59. The molecule has 0 unspecified atom stereocenters. The summed E-state index contributed by atoms with van der Waals surface area (Å²) in [7, 11) is 0. The van der Waals surface area contributed by atoms with Crippen LogP contribution in [0.1, 0.15) is 40.5 Å². The van der Waals surface area contributed by atoms with Gasteiger partial charge in [0.05, 0.1) is 12.2 Å². The Kier molecular flexibility index (Phi) is 3.13. The molecule has 1 heterocycles. The van der Waals surface area contributed by atoms with E-state index in [0.29, 0.717) is 5.92 Å². The van der Waals surface area contributed by atoms with Crippen molar-refractivity contribution < 1.29 is 9.47 Å². The predicted octanol–water partition coefficient (Wildman–Crippen LogP) is 2.57. The summed E-state index contributed by atoms with van der Waals surface area (Å²) in [6.07, 6.45) is 2.31. The summed E-state index contributed by atoms with van der Waals surface area (Å²) in [4.78, 5) is 0. The van der Waals surface area contributed by atoms with E-state index in [1.165, 1.54) is 0 Å². The molecule has 0 bridgehead atoms. The van der Waals surface area contributed by atoms with Crippen molar-refractivity contribution in [3.8, 4) is 0 Å². The largest absolute Gasteiger partial charge is 0.349 e. The number of hydrogen-bond acceptors (Lipinski definition) is 2. The SMILES string of the molecule is CCC(CC)[C@H]1OCC(C)(C)O1. The molecule has 1 aliphatic heterocycles. The van der Waals surface area contributed by atoms with Gasteiger partial charge < -0.3 is 9.47 Å². The molecule has 1 aliphatic rings. The lowest BCUT2D eigenvalue weighted by molar-refractivity contribution is -0.115. The zero-order chi connectivity index (χ0) is 9.19. The van der Waals surface area contributed by atoms with Gasteiger partial charge >= 0.3 is 0 Å². The van der Waals surface area contributed by atoms with Crippen molar-refractivity contribution in [2.75, 3.05) is 6.61 Å². The molecule has 1 atom stereocenters. The third-order valence-electron chi connectivity index (χ3n) is 2.46. The molecule has 0 amide bonds. The fraction of sp³-hybridized carbons (Fsp3) is 1.00. The second-order valence-electron chi connectivity index (χ2n) is 4.13. The highest BCUT2D eigenvalue weighted by molar-refractivity contribution is 4.77. The van der Waals surface area contributed by atoms with Crippen LogP contribution in [0.2, 0.25) is 0 Å². The topological polar surface area (TPSA) is 18.5 Å². The van der Waals surface area contributed by atoms with E-state index in [1.807, 2.05) is 0 Å². The average Bonchev–Trinajstić information content (AvgIpc) is 2.34. The van der Waals surface area contributed by atoms with Gasteiger partial charge in [0.25, 0.3) is 0 Å². The van der Waals surface area contributed by atoms with Gasteiger partial charge in [0.15, 0.2) is 6.29 Å². The minimum absolute atomic E-state index is 0.0370. The standard InChI is InChI=1S/C10H20O2/c1-5-8(6-2)9-11-7-10(3,4)12-9/h8-9H,5-7H2,1-4H3/t9-/m0/s1. The van der Waals surface area contributed by atoms with Crippen molar-refractivity contribution >= 4 is 0 Å². The summed E-state index contributed by atoms with van der Waals surface area (Å²) in [5, 5.41) is 0. The number of rotatable bonds is 3. The molecular formula is C10H20O2.